The van der Waals surface area contributed by atoms with Gasteiger partial charge in [0.2, 0.25) is 0 Å². The third-order valence-electron chi connectivity index (χ3n) is 1.70. The minimum absolute atomic E-state index is 0.0446. The Morgan fingerprint density at radius 3 is 2.33 bits per heavy atom. The standard InChI is InChI=1S/C10H13F3N2O2S/c1-9(2,3)17-8(16)6-7(10(11,12)13)15-5(4-14)18-6/h4,14H2,1-3H3. The molecule has 0 aliphatic rings. The van der Waals surface area contributed by atoms with Gasteiger partial charge in [-0.3, -0.25) is 0 Å². The van der Waals surface area contributed by atoms with Gasteiger partial charge in [-0.05, 0) is 20.8 Å². The predicted molar refractivity (Wildman–Crippen MR) is 60.2 cm³/mol. The molecule has 0 unspecified atom stereocenters. The number of aromatic nitrogens is 1. The topological polar surface area (TPSA) is 65.2 Å². The van der Waals surface area contributed by atoms with Crippen LogP contribution < -0.4 is 5.73 Å². The van der Waals surface area contributed by atoms with Gasteiger partial charge in [0, 0.05) is 6.54 Å². The number of rotatable bonds is 2. The number of nitrogens with two attached hydrogens (primary N) is 1. The third kappa shape index (κ3) is 3.67. The fourth-order valence-electron chi connectivity index (χ4n) is 1.11. The van der Waals surface area contributed by atoms with Crippen LogP contribution in [0.1, 0.15) is 41.1 Å². The highest BCUT2D eigenvalue weighted by Crippen LogP contribution is 2.35. The minimum Gasteiger partial charge on any atom is -0.456 e. The molecule has 0 saturated carbocycles. The molecule has 0 aliphatic heterocycles. The van der Waals surface area contributed by atoms with Crippen molar-refractivity contribution in [3.05, 3.63) is 15.6 Å². The lowest BCUT2D eigenvalue weighted by Crippen LogP contribution is -2.25. The molecule has 0 aliphatic carbocycles. The number of halogens is 3. The van der Waals surface area contributed by atoms with Crippen LogP contribution in [0, 0.1) is 0 Å². The molecule has 1 rings (SSSR count). The van der Waals surface area contributed by atoms with E-state index < -0.39 is 28.3 Å². The van der Waals surface area contributed by atoms with Crippen molar-refractivity contribution in [2.24, 2.45) is 5.73 Å². The quantitative estimate of drug-likeness (QED) is 0.847. The zero-order valence-corrected chi connectivity index (χ0v) is 10.9. The first kappa shape index (κ1) is 14.9. The number of hydrogen-bond acceptors (Lipinski definition) is 5. The van der Waals surface area contributed by atoms with Crippen molar-refractivity contribution in [1.29, 1.82) is 0 Å². The van der Waals surface area contributed by atoms with Crippen molar-refractivity contribution in [2.45, 2.75) is 39.1 Å². The Balaban J connectivity index is 3.15. The summed E-state index contributed by atoms with van der Waals surface area (Å²) < 4.78 is 43.0. The van der Waals surface area contributed by atoms with E-state index in [-0.39, 0.29) is 11.6 Å². The number of esters is 1. The molecule has 1 aromatic rings. The summed E-state index contributed by atoms with van der Waals surface area (Å²) in [6, 6.07) is 0. The van der Waals surface area contributed by atoms with E-state index in [1.807, 2.05) is 0 Å². The highest BCUT2D eigenvalue weighted by Gasteiger charge is 2.40. The maximum absolute atomic E-state index is 12.7. The van der Waals surface area contributed by atoms with E-state index >= 15 is 0 Å². The molecule has 18 heavy (non-hydrogen) atoms. The maximum Gasteiger partial charge on any atom is 0.435 e. The average Bonchev–Trinajstić information content (AvgIpc) is 2.57. The van der Waals surface area contributed by atoms with Gasteiger partial charge in [0.1, 0.15) is 15.5 Å². The molecule has 0 saturated heterocycles. The number of hydrogen-bond donors (Lipinski definition) is 1. The summed E-state index contributed by atoms with van der Waals surface area (Å²) in [5.74, 6) is -1.04. The Labute approximate surface area is 106 Å². The summed E-state index contributed by atoms with van der Waals surface area (Å²) in [5.41, 5.74) is 3.13. The van der Waals surface area contributed by atoms with E-state index in [9.17, 15) is 18.0 Å². The first-order valence-corrected chi connectivity index (χ1v) is 5.86. The fourth-order valence-corrected chi connectivity index (χ4v) is 1.95. The molecule has 1 aromatic heterocycles. The van der Waals surface area contributed by atoms with Gasteiger partial charge < -0.3 is 10.5 Å². The highest BCUT2D eigenvalue weighted by molar-refractivity contribution is 7.13. The molecule has 0 aromatic carbocycles. The Kier molecular flexibility index (Phi) is 4.02. The molecule has 1 heterocycles. The lowest BCUT2D eigenvalue weighted by molar-refractivity contribution is -0.141. The smallest absolute Gasteiger partial charge is 0.435 e. The normalized spacial score (nSPS) is 12.6. The summed E-state index contributed by atoms with van der Waals surface area (Å²) in [7, 11) is 0. The summed E-state index contributed by atoms with van der Waals surface area (Å²) in [6.45, 7) is 4.56. The molecule has 0 amide bonds. The van der Waals surface area contributed by atoms with Crippen LogP contribution in [0.15, 0.2) is 0 Å². The summed E-state index contributed by atoms with van der Waals surface area (Å²) in [4.78, 5) is 14.4. The number of thiazole rings is 1. The van der Waals surface area contributed by atoms with Crippen LogP contribution in [0.25, 0.3) is 0 Å². The molecule has 2 N–H and O–H groups in total. The lowest BCUT2D eigenvalue weighted by atomic mass is 10.2. The molecule has 0 bridgehead atoms. The largest absolute Gasteiger partial charge is 0.456 e. The van der Waals surface area contributed by atoms with Crippen molar-refractivity contribution in [3.8, 4) is 0 Å². The predicted octanol–water partition coefficient (Wildman–Crippen LogP) is 2.58. The van der Waals surface area contributed by atoms with Gasteiger partial charge in [-0.15, -0.1) is 11.3 Å². The second kappa shape index (κ2) is 4.85. The van der Waals surface area contributed by atoms with E-state index in [4.69, 9.17) is 10.5 Å². The zero-order valence-electron chi connectivity index (χ0n) is 10.1. The molecule has 102 valence electrons. The summed E-state index contributed by atoms with van der Waals surface area (Å²) in [6.07, 6.45) is -4.70. The molecule has 4 nitrogen and oxygen atoms in total. The van der Waals surface area contributed by atoms with Gasteiger partial charge in [0.05, 0.1) is 0 Å². The molecule has 0 radical (unpaired) electrons. The number of ether oxygens (including phenoxy) is 1. The van der Waals surface area contributed by atoms with Crippen molar-refractivity contribution < 1.29 is 22.7 Å². The van der Waals surface area contributed by atoms with Gasteiger partial charge in [-0.2, -0.15) is 13.2 Å². The molecular formula is C10H13F3N2O2S. The fraction of sp³-hybridized carbons (Fsp3) is 0.600. The monoisotopic (exact) mass is 282 g/mol. The number of carbonyl (C=O) groups excluding carboxylic acids is 1. The van der Waals surface area contributed by atoms with Crippen LogP contribution in [-0.2, 0) is 17.5 Å². The van der Waals surface area contributed by atoms with Crippen LogP contribution in [-0.4, -0.2) is 16.6 Å². The molecule has 8 heteroatoms. The van der Waals surface area contributed by atoms with Crippen molar-refractivity contribution >= 4 is 17.3 Å². The Bertz CT molecular complexity index is 449. The molecule has 0 atom stereocenters. The minimum atomic E-state index is -4.70. The molecular weight excluding hydrogens is 269 g/mol. The first-order chi connectivity index (χ1) is 8.04. The van der Waals surface area contributed by atoms with Crippen LogP contribution in [0.5, 0.6) is 0 Å². The van der Waals surface area contributed by atoms with Gasteiger partial charge in [-0.25, -0.2) is 9.78 Å². The Morgan fingerprint density at radius 2 is 1.94 bits per heavy atom. The number of nitrogens with zero attached hydrogens (tertiary/aromatic N) is 1. The lowest BCUT2D eigenvalue weighted by Gasteiger charge is -2.19. The van der Waals surface area contributed by atoms with E-state index in [2.05, 4.69) is 4.98 Å². The zero-order chi connectivity index (χ0) is 14.1. The molecule has 0 fully saturated rings. The summed E-state index contributed by atoms with van der Waals surface area (Å²) >= 11 is 0.605. The van der Waals surface area contributed by atoms with Crippen LogP contribution in [0.4, 0.5) is 13.2 Å². The van der Waals surface area contributed by atoms with E-state index in [1.165, 1.54) is 0 Å². The van der Waals surface area contributed by atoms with Crippen molar-refractivity contribution in [3.63, 3.8) is 0 Å². The van der Waals surface area contributed by atoms with Crippen LogP contribution in [0.3, 0.4) is 0 Å². The van der Waals surface area contributed by atoms with E-state index in [0.717, 1.165) is 0 Å². The van der Waals surface area contributed by atoms with Crippen LogP contribution >= 0.6 is 11.3 Å². The van der Waals surface area contributed by atoms with Crippen molar-refractivity contribution in [2.75, 3.05) is 0 Å². The van der Waals surface area contributed by atoms with Crippen LogP contribution in [0.2, 0.25) is 0 Å². The molecule has 0 spiro atoms. The highest BCUT2D eigenvalue weighted by atomic mass is 32.1. The number of alkyl halides is 3. The van der Waals surface area contributed by atoms with Gasteiger partial charge in [0.15, 0.2) is 5.69 Å². The van der Waals surface area contributed by atoms with E-state index in [1.54, 1.807) is 20.8 Å². The second-order valence-electron chi connectivity index (χ2n) is 4.49. The summed E-state index contributed by atoms with van der Waals surface area (Å²) in [5, 5.41) is 0.0446. The first-order valence-electron chi connectivity index (χ1n) is 5.05. The SMILES string of the molecule is CC(C)(C)OC(=O)c1sc(CN)nc1C(F)(F)F. The Morgan fingerprint density at radius 1 is 1.39 bits per heavy atom. The van der Waals surface area contributed by atoms with E-state index in [0.29, 0.717) is 11.3 Å². The number of carbonyl (C=O) groups is 1. The third-order valence-corrected chi connectivity index (χ3v) is 2.76. The Hall–Kier alpha value is -1.15. The second-order valence-corrected chi connectivity index (χ2v) is 5.57. The maximum atomic E-state index is 12.7. The van der Waals surface area contributed by atoms with Gasteiger partial charge in [0.25, 0.3) is 0 Å². The van der Waals surface area contributed by atoms with Crippen molar-refractivity contribution in [1.82, 2.24) is 4.98 Å². The van der Waals surface area contributed by atoms with Gasteiger partial charge in [-0.1, -0.05) is 0 Å². The van der Waals surface area contributed by atoms with Gasteiger partial charge >= 0.3 is 12.1 Å². The average molecular weight is 282 g/mol.